The minimum absolute atomic E-state index is 0.0427. The molecule has 1 saturated carbocycles. The van der Waals surface area contributed by atoms with Crippen molar-refractivity contribution in [2.75, 3.05) is 6.54 Å². The van der Waals surface area contributed by atoms with Gasteiger partial charge in [0.25, 0.3) is 0 Å². The number of aryl methyl sites for hydroxylation is 1. The van der Waals surface area contributed by atoms with Crippen molar-refractivity contribution in [3.8, 4) is 0 Å². The highest BCUT2D eigenvalue weighted by Gasteiger charge is 2.46. The first-order chi connectivity index (χ1) is 8.11. The van der Waals surface area contributed by atoms with Crippen molar-refractivity contribution in [1.82, 2.24) is 4.90 Å². The van der Waals surface area contributed by atoms with Gasteiger partial charge in [-0.05, 0) is 32.3 Å². The molecule has 1 unspecified atom stereocenters. The van der Waals surface area contributed by atoms with E-state index < -0.39 is 0 Å². The summed E-state index contributed by atoms with van der Waals surface area (Å²) in [4.78, 5) is 6.77. The van der Waals surface area contributed by atoms with E-state index in [4.69, 9.17) is 5.73 Å². The van der Waals surface area contributed by atoms with E-state index in [0.717, 1.165) is 12.5 Å². The van der Waals surface area contributed by atoms with Crippen molar-refractivity contribution in [3.63, 3.8) is 0 Å². The Hall–Kier alpha value is -1.51. The van der Waals surface area contributed by atoms with E-state index in [1.165, 1.54) is 24.0 Å². The minimum atomic E-state index is -0.0427. The average molecular weight is 229 g/mol. The van der Waals surface area contributed by atoms with E-state index >= 15 is 0 Å². The van der Waals surface area contributed by atoms with E-state index in [-0.39, 0.29) is 5.54 Å². The van der Waals surface area contributed by atoms with E-state index in [0.29, 0.717) is 6.04 Å². The molecule has 1 aliphatic carbocycles. The summed E-state index contributed by atoms with van der Waals surface area (Å²) in [6.45, 7) is 5.14. The number of hydrogen-bond donors (Lipinski definition) is 1. The Labute approximate surface area is 102 Å². The summed E-state index contributed by atoms with van der Waals surface area (Å²) in [6.07, 6.45) is 2.50. The number of nitrogens with zero attached hydrogens (tertiary/aromatic N) is 2. The normalized spacial score (nSPS) is 28.4. The van der Waals surface area contributed by atoms with Gasteiger partial charge < -0.3 is 10.6 Å². The topological polar surface area (TPSA) is 41.6 Å². The van der Waals surface area contributed by atoms with Gasteiger partial charge in [0.15, 0.2) is 5.96 Å². The standard InChI is InChI=1S/C14H19N3/c1-10-3-5-11(6-4-10)14(2)9-16-13(15)17(14)12-7-8-12/h3-6,12H,7-9H2,1-2H3,(H2,15,16). The van der Waals surface area contributed by atoms with Crippen molar-refractivity contribution in [1.29, 1.82) is 0 Å². The summed E-state index contributed by atoms with van der Waals surface area (Å²) >= 11 is 0. The highest BCUT2D eigenvalue weighted by Crippen LogP contribution is 2.41. The third kappa shape index (κ3) is 1.61. The molecule has 0 spiro atoms. The second kappa shape index (κ2) is 3.49. The fourth-order valence-corrected chi connectivity index (χ4v) is 2.71. The van der Waals surface area contributed by atoms with E-state index in [2.05, 4.69) is 48.0 Å². The lowest BCUT2D eigenvalue weighted by Crippen LogP contribution is -2.48. The Bertz CT molecular complexity index is 459. The number of rotatable bonds is 2. The van der Waals surface area contributed by atoms with Crippen LogP contribution in [0.15, 0.2) is 29.3 Å². The predicted octanol–water partition coefficient (Wildman–Crippen LogP) is 2.00. The highest BCUT2D eigenvalue weighted by atomic mass is 15.4. The van der Waals surface area contributed by atoms with Crippen LogP contribution in [-0.4, -0.2) is 23.4 Å². The molecular formula is C14H19N3. The molecule has 3 nitrogen and oxygen atoms in total. The van der Waals surface area contributed by atoms with Gasteiger partial charge in [-0.25, -0.2) is 0 Å². The molecule has 90 valence electrons. The van der Waals surface area contributed by atoms with Crippen LogP contribution in [0.4, 0.5) is 0 Å². The Morgan fingerprint density at radius 2 is 1.94 bits per heavy atom. The lowest BCUT2D eigenvalue weighted by Gasteiger charge is -2.37. The van der Waals surface area contributed by atoms with Crippen molar-refractivity contribution in [2.24, 2.45) is 10.7 Å². The van der Waals surface area contributed by atoms with Gasteiger partial charge in [-0.2, -0.15) is 0 Å². The maximum Gasteiger partial charge on any atom is 0.192 e. The fraction of sp³-hybridized carbons (Fsp3) is 0.500. The monoisotopic (exact) mass is 229 g/mol. The first-order valence-electron chi connectivity index (χ1n) is 6.28. The molecule has 0 saturated heterocycles. The Morgan fingerprint density at radius 1 is 1.29 bits per heavy atom. The molecule has 0 bridgehead atoms. The maximum absolute atomic E-state index is 6.04. The van der Waals surface area contributed by atoms with E-state index in [9.17, 15) is 0 Å². The van der Waals surface area contributed by atoms with Gasteiger partial charge in [-0.1, -0.05) is 29.8 Å². The van der Waals surface area contributed by atoms with Gasteiger partial charge in [-0.15, -0.1) is 0 Å². The van der Waals surface area contributed by atoms with Crippen molar-refractivity contribution in [2.45, 2.75) is 38.3 Å². The third-order valence-electron chi connectivity index (χ3n) is 3.91. The van der Waals surface area contributed by atoms with Gasteiger partial charge in [0.05, 0.1) is 12.1 Å². The summed E-state index contributed by atoms with van der Waals surface area (Å²) in [5.74, 6) is 0.718. The lowest BCUT2D eigenvalue weighted by molar-refractivity contribution is 0.216. The zero-order valence-electron chi connectivity index (χ0n) is 10.5. The summed E-state index contributed by atoms with van der Waals surface area (Å²) < 4.78 is 0. The minimum Gasteiger partial charge on any atom is -0.370 e. The fourth-order valence-electron chi connectivity index (χ4n) is 2.71. The molecule has 1 aliphatic heterocycles. The van der Waals surface area contributed by atoms with Gasteiger partial charge >= 0.3 is 0 Å². The molecule has 2 N–H and O–H groups in total. The number of nitrogens with two attached hydrogens (primary N) is 1. The molecule has 0 aromatic heterocycles. The van der Waals surface area contributed by atoms with Gasteiger partial charge in [0.1, 0.15) is 0 Å². The Kier molecular flexibility index (Phi) is 2.18. The molecule has 17 heavy (non-hydrogen) atoms. The van der Waals surface area contributed by atoms with Gasteiger partial charge in [-0.3, -0.25) is 4.99 Å². The molecule has 2 aliphatic rings. The number of benzene rings is 1. The molecule has 0 amide bonds. The first kappa shape index (κ1) is 10.6. The van der Waals surface area contributed by atoms with Crippen LogP contribution in [0.1, 0.15) is 30.9 Å². The molecule has 1 aromatic carbocycles. The molecule has 1 atom stereocenters. The van der Waals surface area contributed by atoms with E-state index in [1.54, 1.807) is 0 Å². The van der Waals surface area contributed by atoms with Crippen LogP contribution in [0.3, 0.4) is 0 Å². The molecule has 1 aromatic rings. The van der Waals surface area contributed by atoms with Crippen molar-refractivity contribution >= 4 is 5.96 Å². The quantitative estimate of drug-likeness (QED) is 0.842. The smallest absolute Gasteiger partial charge is 0.192 e. The predicted molar refractivity (Wildman–Crippen MR) is 69.9 cm³/mol. The zero-order chi connectivity index (χ0) is 12.0. The largest absolute Gasteiger partial charge is 0.370 e. The van der Waals surface area contributed by atoms with Crippen LogP contribution < -0.4 is 5.73 Å². The SMILES string of the molecule is Cc1ccc(C2(C)CN=C(N)N2C2CC2)cc1. The Balaban J connectivity index is 1.97. The molecule has 1 fully saturated rings. The van der Waals surface area contributed by atoms with Crippen LogP contribution >= 0.6 is 0 Å². The average Bonchev–Trinajstić information content (AvgIpc) is 3.08. The van der Waals surface area contributed by atoms with Gasteiger partial charge in [0.2, 0.25) is 0 Å². The lowest BCUT2D eigenvalue weighted by atomic mass is 9.90. The summed E-state index contributed by atoms with van der Waals surface area (Å²) in [6, 6.07) is 9.35. The van der Waals surface area contributed by atoms with Crippen molar-refractivity contribution < 1.29 is 0 Å². The molecule has 0 radical (unpaired) electrons. The van der Waals surface area contributed by atoms with Crippen LogP contribution in [0.2, 0.25) is 0 Å². The third-order valence-corrected chi connectivity index (χ3v) is 3.91. The van der Waals surface area contributed by atoms with Crippen LogP contribution in [-0.2, 0) is 5.54 Å². The van der Waals surface area contributed by atoms with Crippen LogP contribution in [0, 0.1) is 6.92 Å². The molecule has 1 heterocycles. The number of aliphatic imine (C=N–C) groups is 1. The Morgan fingerprint density at radius 3 is 2.53 bits per heavy atom. The molecular weight excluding hydrogens is 210 g/mol. The highest BCUT2D eigenvalue weighted by molar-refractivity contribution is 5.82. The first-order valence-corrected chi connectivity index (χ1v) is 6.28. The number of hydrogen-bond acceptors (Lipinski definition) is 3. The van der Waals surface area contributed by atoms with Crippen molar-refractivity contribution in [3.05, 3.63) is 35.4 Å². The maximum atomic E-state index is 6.04. The second-order valence-electron chi connectivity index (χ2n) is 5.42. The summed E-state index contributed by atoms with van der Waals surface area (Å²) in [5, 5.41) is 0. The van der Waals surface area contributed by atoms with Crippen LogP contribution in [0.5, 0.6) is 0 Å². The molecule has 3 heteroatoms. The summed E-state index contributed by atoms with van der Waals surface area (Å²) in [7, 11) is 0. The summed E-state index contributed by atoms with van der Waals surface area (Å²) in [5.41, 5.74) is 8.61. The molecule has 3 rings (SSSR count). The number of guanidine groups is 1. The van der Waals surface area contributed by atoms with Crippen LogP contribution in [0.25, 0.3) is 0 Å². The van der Waals surface area contributed by atoms with Gasteiger partial charge in [0, 0.05) is 6.04 Å². The van der Waals surface area contributed by atoms with E-state index in [1.807, 2.05) is 0 Å². The second-order valence-corrected chi connectivity index (χ2v) is 5.42. The zero-order valence-corrected chi connectivity index (χ0v) is 10.5.